The molecule has 15 heavy (non-hydrogen) atoms. The molecule has 0 aromatic heterocycles. The summed E-state index contributed by atoms with van der Waals surface area (Å²) in [4.78, 5) is 0. The van der Waals surface area contributed by atoms with Gasteiger partial charge in [-0.15, -0.1) is 0 Å². The normalized spacial score (nSPS) is 31.2. The SMILES string of the molecule is CC1CCCCC1OCCC(C)(O)CN. The molecule has 3 N–H and O–H groups in total. The van der Waals surface area contributed by atoms with Crippen molar-refractivity contribution in [2.75, 3.05) is 13.2 Å². The van der Waals surface area contributed by atoms with Gasteiger partial charge in [-0.1, -0.05) is 19.8 Å². The van der Waals surface area contributed by atoms with Crippen molar-refractivity contribution in [3.63, 3.8) is 0 Å². The standard InChI is InChI=1S/C12H25NO2/c1-10-5-3-4-6-11(10)15-8-7-12(2,14)9-13/h10-11,14H,3-9,13H2,1-2H3. The molecule has 1 rings (SSSR count). The van der Waals surface area contributed by atoms with Gasteiger partial charge in [-0.3, -0.25) is 0 Å². The third-order valence-corrected chi connectivity index (χ3v) is 3.45. The summed E-state index contributed by atoms with van der Waals surface area (Å²) < 4.78 is 5.82. The zero-order chi connectivity index (χ0) is 11.3. The quantitative estimate of drug-likeness (QED) is 0.733. The molecular formula is C12H25NO2. The molecule has 1 aliphatic rings. The van der Waals surface area contributed by atoms with E-state index in [1.165, 1.54) is 25.7 Å². The van der Waals surface area contributed by atoms with Crippen LogP contribution in [0.25, 0.3) is 0 Å². The fourth-order valence-corrected chi connectivity index (χ4v) is 2.06. The number of hydrogen-bond donors (Lipinski definition) is 2. The predicted molar refractivity (Wildman–Crippen MR) is 61.7 cm³/mol. The van der Waals surface area contributed by atoms with Crippen LogP contribution >= 0.6 is 0 Å². The second kappa shape index (κ2) is 5.83. The largest absolute Gasteiger partial charge is 0.389 e. The molecule has 0 spiro atoms. The summed E-state index contributed by atoms with van der Waals surface area (Å²) in [5.41, 5.74) is 4.68. The maximum atomic E-state index is 9.71. The fraction of sp³-hybridized carbons (Fsp3) is 1.00. The molecule has 0 radical (unpaired) electrons. The minimum Gasteiger partial charge on any atom is -0.389 e. The Bertz CT molecular complexity index is 182. The Hall–Kier alpha value is -0.120. The summed E-state index contributed by atoms with van der Waals surface area (Å²) in [7, 11) is 0. The van der Waals surface area contributed by atoms with Crippen molar-refractivity contribution in [3.8, 4) is 0 Å². The molecule has 0 bridgehead atoms. The average Bonchev–Trinajstić information content (AvgIpc) is 2.21. The first-order chi connectivity index (χ1) is 7.05. The monoisotopic (exact) mass is 215 g/mol. The Morgan fingerprint density at radius 3 is 2.67 bits per heavy atom. The lowest BCUT2D eigenvalue weighted by molar-refractivity contribution is -0.0368. The Balaban J connectivity index is 2.19. The number of ether oxygens (including phenoxy) is 1. The van der Waals surface area contributed by atoms with Gasteiger partial charge in [0.05, 0.1) is 11.7 Å². The first-order valence-electron chi connectivity index (χ1n) is 6.09. The van der Waals surface area contributed by atoms with E-state index in [0.29, 0.717) is 31.6 Å². The van der Waals surface area contributed by atoms with E-state index in [0.717, 1.165) is 0 Å². The van der Waals surface area contributed by atoms with Crippen molar-refractivity contribution in [3.05, 3.63) is 0 Å². The molecule has 0 saturated heterocycles. The van der Waals surface area contributed by atoms with Crippen LogP contribution in [0.3, 0.4) is 0 Å². The van der Waals surface area contributed by atoms with Crippen LogP contribution in [0.5, 0.6) is 0 Å². The van der Waals surface area contributed by atoms with Crippen molar-refractivity contribution in [1.82, 2.24) is 0 Å². The van der Waals surface area contributed by atoms with Crippen LogP contribution in [0.2, 0.25) is 0 Å². The number of hydrogen-bond acceptors (Lipinski definition) is 3. The Morgan fingerprint density at radius 1 is 1.40 bits per heavy atom. The fourth-order valence-electron chi connectivity index (χ4n) is 2.06. The minimum absolute atomic E-state index is 0.302. The molecule has 3 heteroatoms. The van der Waals surface area contributed by atoms with Gasteiger partial charge >= 0.3 is 0 Å². The summed E-state index contributed by atoms with van der Waals surface area (Å²) >= 11 is 0. The van der Waals surface area contributed by atoms with E-state index in [1.807, 2.05) is 0 Å². The molecule has 1 saturated carbocycles. The third kappa shape index (κ3) is 4.49. The molecule has 1 aliphatic carbocycles. The van der Waals surface area contributed by atoms with Gasteiger partial charge in [0.2, 0.25) is 0 Å². The lowest BCUT2D eigenvalue weighted by atomic mass is 9.88. The first-order valence-corrected chi connectivity index (χ1v) is 6.09. The summed E-state index contributed by atoms with van der Waals surface area (Å²) in [6.07, 6.45) is 6.09. The summed E-state index contributed by atoms with van der Waals surface area (Å²) in [6.45, 7) is 4.95. The van der Waals surface area contributed by atoms with Crippen LogP contribution in [-0.2, 0) is 4.74 Å². The maximum Gasteiger partial charge on any atom is 0.0763 e. The van der Waals surface area contributed by atoms with Gasteiger partial charge in [0.25, 0.3) is 0 Å². The van der Waals surface area contributed by atoms with Crippen molar-refractivity contribution in [1.29, 1.82) is 0 Å². The van der Waals surface area contributed by atoms with E-state index in [4.69, 9.17) is 10.5 Å². The molecule has 3 atom stereocenters. The molecule has 0 amide bonds. The van der Waals surface area contributed by atoms with Gasteiger partial charge in [-0.05, 0) is 25.7 Å². The van der Waals surface area contributed by atoms with E-state index in [9.17, 15) is 5.11 Å². The summed E-state index contributed by atoms with van der Waals surface area (Å²) in [6, 6.07) is 0. The van der Waals surface area contributed by atoms with Crippen LogP contribution in [0.4, 0.5) is 0 Å². The zero-order valence-corrected chi connectivity index (χ0v) is 10.0. The average molecular weight is 215 g/mol. The van der Waals surface area contributed by atoms with Crippen molar-refractivity contribution < 1.29 is 9.84 Å². The molecule has 1 fully saturated rings. The molecule has 90 valence electrons. The van der Waals surface area contributed by atoms with Crippen LogP contribution in [0, 0.1) is 5.92 Å². The topological polar surface area (TPSA) is 55.5 Å². The van der Waals surface area contributed by atoms with Crippen LogP contribution < -0.4 is 5.73 Å². The lowest BCUT2D eigenvalue weighted by Crippen LogP contribution is -2.36. The van der Waals surface area contributed by atoms with Crippen molar-refractivity contribution in [2.24, 2.45) is 11.7 Å². The number of aliphatic hydroxyl groups is 1. The predicted octanol–water partition coefficient (Wildman–Crippen LogP) is 1.68. The lowest BCUT2D eigenvalue weighted by Gasteiger charge is -2.30. The molecule has 0 aliphatic heterocycles. The van der Waals surface area contributed by atoms with Crippen molar-refractivity contribution >= 4 is 0 Å². The Labute approximate surface area is 93.0 Å². The van der Waals surface area contributed by atoms with E-state index < -0.39 is 5.60 Å². The minimum atomic E-state index is -0.766. The Morgan fingerprint density at radius 2 is 2.07 bits per heavy atom. The highest BCUT2D eigenvalue weighted by Gasteiger charge is 2.23. The van der Waals surface area contributed by atoms with Crippen LogP contribution in [0.1, 0.15) is 46.0 Å². The molecule has 0 heterocycles. The second-order valence-corrected chi connectivity index (χ2v) is 5.12. The summed E-state index contributed by atoms with van der Waals surface area (Å²) in [5.74, 6) is 0.668. The van der Waals surface area contributed by atoms with E-state index in [-0.39, 0.29) is 0 Å². The molecule has 3 nitrogen and oxygen atoms in total. The summed E-state index contributed by atoms with van der Waals surface area (Å²) in [5, 5.41) is 9.71. The highest BCUT2D eigenvalue weighted by atomic mass is 16.5. The molecule has 0 aromatic carbocycles. The maximum absolute atomic E-state index is 9.71. The van der Waals surface area contributed by atoms with E-state index in [1.54, 1.807) is 6.92 Å². The Kier molecular flexibility index (Phi) is 5.03. The van der Waals surface area contributed by atoms with E-state index >= 15 is 0 Å². The van der Waals surface area contributed by atoms with Crippen LogP contribution in [0.15, 0.2) is 0 Å². The smallest absolute Gasteiger partial charge is 0.0763 e. The van der Waals surface area contributed by atoms with Gasteiger partial charge in [0.1, 0.15) is 0 Å². The van der Waals surface area contributed by atoms with E-state index in [2.05, 4.69) is 6.92 Å². The zero-order valence-electron chi connectivity index (χ0n) is 10.0. The number of nitrogens with two attached hydrogens (primary N) is 1. The number of rotatable bonds is 5. The molecule has 0 aromatic rings. The second-order valence-electron chi connectivity index (χ2n) is 5.12. The highest BCUT2D eigenvalue weighted by Crippen LogP contribution is 2.26. The van der Waals surface area contributed by atoms with Gasteiger partial charge in [0, 0.05) is 19.6 Å². The highest BCUT2D eigenvalue weighted by molar-refractivity contribution is 4.75. The van der Waals surface area contributed by atoms with Gasteiger partial charge < -0.3 is 15.6 Å². The van der Waals surface area contributed by atoms with Crippen LogP contribution in [-0.4, -0.2) is 30.0 Å². The van der Waals surface area contributed by atoms with Crippen molar-refractivity contribution in [2.45, 2.75) is 57.7 Å². The third-order valence-electron chi connectivity index (χ3n) is 3.45. The first kappa shape index (κ1) is 12.9. The van der Waals surface area contributed by atoms with Gasteiger partial charge in [0.15, 0.2) is 0 Å². The molecule has 3 unspecified atom stereocenters. The molecular weight excluding hydrogens is 190 g/mol. The van der Waals surface area contributed by atoms with Gasteiger partial charge in [-0.2, -0.15) is 0 Å². The van der Waals surface area contributed by atoms with Gasteiger partial charge in [-0.25, -0.2) is 0 Å².